The van der Waals surface area contributed by atoms with E-state index in [2.05, 4.69) is 35.7 Å². The van der Waals surface area contributed by atoms with E-state index in [1.165, 1.54) is 11.1 Å². The van der Waals surface area contributed by atoms with Crippen LogP contribution in [0.25, 0.3) is 0 Å². The molecule has 29 heavy (non-hydrogen) atoms. The van der Waals surface area contributed by atoms with E-state index in [-0.39, 0.29) is 12.1 Å². The lowest BCUT2D eigenvalue weighted by molar-refractivity contribution is -0.0264. The molecule has 4 rings (SSSR count). The number of ether oxygens (including phenoxy) is 2. The first kappa shape index (κ1) is 20.4. The summed E-state index contributed by atoms with van der Waals surface area (Å²) in [6, 6.07) is 18.3. The maximum atomic E-state index is 6.42. The van der Waals surface area contributed by atoms with Gasteiger partial charge in [0.2, 0.25) is 0 Å². The van der Waals surface area contributed by atoms with Crippen molar-refractivity contribution < 1.29 is 9.47 Å². The van der Waals surface area contributed by atoms with Crippen LogP contribution in [0.2, 0.25) is 5.02 Å². The molecular weight excluding hydrogens is 386 g/mol. The van der Waals surface area contributed by atoms with E-state index in [1.54, 1.807) is 0 Å². The second-order valence-corrected chi connectivity index (χ2v) is 8.08. The van der Waals surface area contributed by atoms with Gasteiger partial charge in [-0.2, -0.15) is 0 Å². The Morgan fingerprint density at radius 1 is 1.10 bits per heavy atom. The number of hydrazine groups is 1. The van der Waals surface area contributed by atoms with Crippen molar-refractivity contribution >= 4 is 17.3 Å². The molecule has 0 aromatic heterocycles. The highest BCUT2D eigenvalue weighted by Gasteiger charge is 2.30. The third kappa shape index (κ3) is 5.38. The average molecular weight is 414 g/mol. The van der Waals surface area contributed by atoms with E-state index in [1.807, 2.05) is 47.5 Å². The van der Waals surface area contributed by atoms with Gasteiger partial charge in [0.15, 0.2) is 0 Å². The fourth-order valence-corrected chi connectivity index (χ4v) is 4.03. The fraction of sp³-hybridized carbons (Fsp3) is 0.391. The molecule has 0 radical (unpaired) electrons. The molecular formula is C23H28ClN3O2. The molecule has 2 unspecified atom stereocenters. The first-order valence-electron chi connectivity index (χ1n) is 10.1. The van der Waals surface area contributed by atoms with Crippen LogP contribution in [0.5, 0.6) is 0 Å². The van der Waals surface area contributed by atoms with Gasteiger partial charge in [-0.1, -0.05) is 54.1 Å². The van der Waals surface area contributed by atoms with E-state index in [0.29, 0.717) is 13.2 Å². The molecule has 0 amide bonds. The Morgan fingerprint density at radius 3 is 2.69 bits per heavy atom. The Balaban J connectivity index is 1.44. The number of hydrogen-bond donors (Lipinski definition) is 1. The summed E-state index contributed by atoms with van der Waals surface area (Å²) in [6.45, 7) is 3.88. The molecule has 6 heteroatoms. The van der Waals surface area contributed by atoms with Crippen molar-refractivity contribution in [1.29, 1.82) is 0 Å². The third-order valence-corrected chi connectivity index (χ3v) is 5.69. The second-order valence-electron chi connectivity index (χ2n) is 7.68. The largest absolute Gasteiger partial charge is 0.375 e. The predicted molar refractivity (Wildman–Crippen MR) is 117 cm³/mol. The number of anilines is 1. The van der Waals surface area contributed by atoms with Gasteiger partial charge in [-0.25, -0.2) is 5.43 Å². The van der Waals surface area contributed by atoms with Crippen molar-refractivity contribution in [2.75, 3.05) is 38.4 Å². The maximum absolute atomic E-state index is 6.42. The molecule has 154 valence electrons. The van der Waals surface area contributed by atoms with Crippen molar-refractivity contribution in [1.82, 2.24) is 10.3 Å². The Kier molecular flexibility index (Phi) is 6.85. The van der Waals surface area contributed by atoms with Gasteiger partial charge >= 0.3 is 0 Å². The summed E-state index contributed by atoms with van der Waals surface area (Å²) in [5.74, 6) is 0. The number of nitrogens with one attached hydrogen (secondary N) is 1. The minimum absolute atomic E-state index is 0.151. The molecule has 5 nitrogen and oxygen atoms in total. The minimum Gasteiger partial charge on any atom is -0.375 e. The molecule has 2 heterocycles. The highest BCUT2D eigenvalue weighted by Crippen LogP contribution is 2.29. The number of halogens is 1. The molecule has 2 aliphatic rings. The molecule has 1 N–H and O–H groups in total. The summed E-state index contributed by atoms with van der Waals surface area (Å²) in [7, 11) is 2.15. The van der Waals surface area contributed by atoms with Crippen LogP contribution in [0.4, 0.5) is 5.69 Å². The van der Waals surface area contributed by atoms with Gasteiger partial charge in [0.05, 0.1) is 42.7 Å². The molecule has 2 aliphatic heterocycles. The zero-order valence-corrected chi connectivity index (χ0v) is 17.5. The number of morpholine rings is 1. The van der Waals surface area contributed by atoms with Crippen LogP contribution in [-0.4, -0.2) is 50.4 Å². The normalized spacial score (nSPS) is 22.7. The molecule has 2 atom stereocenters. The highest BCUT2D eigenvalue weighted by molar-refractivity contribution is 6.33. The number of para-hydroxylation sites is 1. The van der Waals surface area contributed by atoms with Crippen LogP contribution in [-0.2, 0) is 16.1 Å². The van der Waals surface area contributed by atoms with Crippen LogP contribution >= 0.6 is 11.6 Å². The van der Waals surface area contributed by atoms with E-state index in [0.717, 1.165) is 36.8 Å². The Bertz CT molecular complexity index is 830. The van der Waals surface area contributed by atoms with Crippen LogP contribution in [0, 0.1) is 0 Å². The zero-order valence-electron chi connectivity index (χ0n) is 16.8. The van der Waals surface area contributed by atoms with Gasteiger partial charge in [0.1, 0.15) is 0 Å². The highest BCUT2D eigenvalue weighted by atomic mass is 35.5. The summed E-state index contributed by atoms with van der Waals surface area (Å²) < 4.78 is 12.0. The smallest absolute Gasteiger partial charge is 0.0757 e. The van der Waals surface area contributed by atoms with E-state index in [9.17, 15) is 0 Å². The monoisotopic (exact) mass is 413 g/mol. The van der Waals surface area contributed by atoms with Crippen molar-refractivity contribution in [2.45, 2.75) is 25.2 Å². The van der Waals surface area contributed by atoms with E-state index in [4.69, 9.17) is 21.1 Å². The van der Waals surface area contributed by atoms with Crippen molar-refractivity contribution in [2.24, 2.45) is 0 Å². The number of hydrogen-bond acceptors (Lipinski definition) is 5. The van der Waals surface area contributed by atoms with Gasteiger partial charge in [-0.3, -0.25) is 5.01 Å². The fourth-order valence-electron chi connectivity index (χ4n) is 3.81. The lowest BCUT2D eigenvalue weighted by atomic mass is 10.0. The Morgan fingerprint density at radius 2 is 1.90 bits per heavy atom. The molecule has 2 aromatic carbocycles. The van der Waals surface area contributed by atoms with Crippen molar-refractivity contribution in [3.05, 3.63) is 77.0 Å². The summed E-state index contributed by atoms with van der Waals surface area (Å²) in [4.78, 5) is 2.32. The summed E-state index contributed by atoms with van der Waals surface area (Å²) in [6.07, 6.45) is 3.21. The van der Waals surface area contributed by atoms with E-state index < -0.39 is 0 Å². The van der Waals surface area contributed by atoms with Gasteiger partial charge in [0, 0.05) is 19.3 Å². The summed E-state index contributed by atoms with van der Waals surface area (Å²) in [5, 5.41) is 2.73. The van der Waals surface area contributed by atoms with Crippen LogP contribution in [0.15, 0.2) is 66.4 Å². The molecule has 0 saturated carbocycles. The first-order valence-corrected chi connectivity index (χ1v) is 10.5. The number of benzene rings is 2. The molecule has 0 spiro atoms. The molecule has 0 bridgehead atoms. The first-order chi connectivity index (χ1) is 14.2. The quantitative estimate of drug-likeness (QED) is 0.746. The predicted octanol–water partition coefficient (Wildman–Crippen LogP) is 3.85. The van der Waals surface area contributed by atoms with Crippen molar-refractivity contribution in [3.63, 3.8) is 0 Å². The van der Waals surface area contributed by atoms with Gasteiger partial charge in [-0.15, -0.1) is 0 Å². The van der Waals surface area contributed by atoms with Crippen molar-refractivity contribution in [3.8, 4) is 0 Å². The molecule has 2 aromatic rings. The van der Waals surface area contributed by atoms with Crippen LogP contribution in [0.1, 0.15) is 12.0 Å². The lowest BCUT2D eigenvalue weighted by Gasteiger charge is -2.32. The van der Waals surface area contributed by atoms with Crippen LogP contribution in [0.3, 0.4) is 0 Å². The van der Waals surface area contributed by atoms with Gasteiger partial charge < -0.3 is 14.4 Å². The van der Waals surface area contributed by atoms with Crippen LogP contribution < -0.4 is 10.4 Å². The lowest BCUT2D eigenvalue weighted by Crippen LogP contribution is -2.45. The standard InChI is InChI=1S/C23H28ClN3O2/c1-26-11-12-29-20(15-26)13-22-19(17-28-16-18-7-3-2-4-8-18)14-27(25-22)23-10-6-5-9-21(23)24/h2-10,14,20,22,25H,11-13,15-17H2,1H3. The number of rotatable bonds is 7. The second kappa shape index (κ2) is 9.74. The SMILES string of the molecule is CN1CCOC(CC2NN(c3ccccc3Cl)C=C2COCc2ccccc2)C1. The number of likely N-dealkylation sites (N-methyl/N-ethyl adjacent to an activating group) is 1. The Hall–Kier alpha value is -1.89. The average Bonchev–Trinajstić information content (AvgIpc) is 3.11. The maximum Gasteiger partial charge on any atom is 0.0757 e. The minimum atomic E-state index is 0.151. The molecule has 1 saturated heterocycles. The molecule has 0 aliphatic carbocycles. The number of nitrogens with zero attached hydrogens (tertiary/aromatic N) is 2. The van der Waals surface area contributed by atoms with Gasteiger partial charge in [-0.05, 0) is 36.7 Å². The Labute approximate surface area is 177 Å². The topological polar surface area (TPSA) is 37.0 Å². The third-order valence-electron chi connectivity index (χ3n) is 5.37. The summed E-state index contributed by atoms with van der Waals surface area (Å²) >= 11 is 6.42. The zero-order chi connectivity index (χ0) is 20.1. The molecule has 1 fully saturated rings. The summed E-state index contributed by atoms with van der Waals surface area (Å²) in [5.41, 5.74) is 6.91. The van der Waals surface area contributed by atoms with Gasteiger partial charge in [0.25, 0.3) is 0 Å². The van der Waals surface area contributed by atoms with E-state index >= 15 is 0 Å².